The van der Waals surface area contributed by atoms with Crippen molar-refractivity contribution in [3.63, 3.8) is 0 Å². The van der Waals surface area contributed by atoms with Crippen LogP contribution in [0.25, 0.3) is 6.08 Å². The van der Waals surface area contributed by atoms with Crippen molar-refractivity contribution in [2.45, 2.75) is 38.3 Å². The van der Waals surface area contributed by atoms with Crippen molar-refractivity contribution in [3.05, 3.63) is 69.8 Å². The van der Waals surface area contributed by atoms with Gasteiger partial charge in [-0.05, 0) is 62.6 Å². The molecule has 0 radical (unpaired) electrons. The Bertz CT molecular complexity index is 861. The largest absolute Gasteiger partial charge is 0.462 e. The standard InChI is InChI=1S/C22H23NO2S/c1-5-25-22(24)19(13-23)12-18-10-16(3)11-20(17(18)4)14-26-21-8-6-15(2)7-9-21/h6-12H,5,14H2,1-4H3/b19-12+. The average molecular weight is 365 g/mol. The highest BCUT2D eigenvalue weighted by Crippen LogP contribution is 2.28. The van der Waals surface area contributed by atoms with Gasteiger partial charge in [-0.2, -0.15) is 5.26 Å². The Balaban J connectivity index is 2.28. The lowest BCUT2D eigenvalue weighted by Crippen LogP contribution is -2.06. The van der Waals surface area contributed by atoms with Crippen molar-refractivity contribution in [3.8, 4) is 6.07 Å². The van der Waals surface area contributed by atoms with Crippen LogP contribution in [-0.4, -0.2) is 12.6 Å². The number of aryl methyl sites for hydroxylation is 2. The van der Waals surface area contributed by atoms with Gasteiger partial charge in [-0.1, -0.05) is 35.4 Å². The lowest BCUT2D eigenvalue weighted by molar-refractivity contribution is -0.137. The third-order valence-electron chi connectivity index (χ3n) is 4.03. The van der Waals surface area contributed by atoms with Gasteiger partial charge in [0.25, 0.3) is 0 Å². The highest BCUT2D eigenvalue weighted by atomic mass is 32.2. The maximum atomic E-state index is 11.9. The first kappa shape index (κ1) is 19.8. The molecular formula is C22H23NO2S. The van der Waals surface area contributed by atoms with Crippen LogP contribution in [0.5, 0.6) is 0 Å². The molecule has 0 spiro atoms. The second-order valence-electron chi connectivity index (χ2n) is 6.13. The molecule has 134 valence electrons. The van der Waals surface area contributed by atoms with Crippen molar-refractivity contribution >= 4 is 23.8 Å². The van der Waals surface area contributed by atoms with E-state index in [0.717, 1.165) is 22.4 Å². The van der Waals surface area contributed by atoms with E-state index in [9.17, 15) is 10.1 Å². The Morgan fingerprint density at radius 2 is 1.85 bits per heavy atom. The summed E-state index contributed by atoms with van der Waals surface area (Å²) in [7, 11) is 0. The molecule has 2 aromatic carbocycles. The van der Waals surface area contributed by atoms with Crippen LogP contribution in [-0.2, 0) is 15.3 Å². The van der Waals surface area contributed by atoms with Gasteiger partial charge in [-0.25, -0.2) is 4.79 Å². The number of esters is 1. The Kier molecular flexibility index (Phi) is 7.06. The number of rotatable bonds is 6. The number of carbonyl (C=O) groups is 1. The summed E-state index contributed by atoms with van der Waals surface area (Å²) in [6.45, 7) is 8.10. The maximum absolute atomic E-state index is 11.9. The van der Waals surface area contributed by atoms with E-state index in [1.165, 1.54) is 16.0 Å². The number of hydrogen-bond donors (Lipinski definition) is 0. The van der Waals surface area contributed by atoms with Gasteiger partial charge in [0, 0.05) is 10.6 Å². The van der Waals surface area contributed by atoms with Crippen molar-refractivity contribution in [2.24, 2.45) is 0 Å². The molecule has 0 N–H and O–H groups in total. The third-order valence-corrected chi connectivity index (χ3v) is 5.09. The lowest BCUT2D eigenvalue weighted by atomic mass is 9.98. The number of thioether (sulfide) groups is 1. The molecule has 0 aliphatic heterocycles. The lowest BCUT2D eigenvalue weighted by Gasteiger charge is -2.11. The summed E-state index contributed by atoms with van der Waals surface area (Å²) in [5.41, 5.74) is 5.53. The molecule has 0 aliphatic carbocycles. The number of hydrogen-bond acceptors (Lipinski definition) is 4. The maximum Gasteiger partial charge on any atom is 0.348 e. The van der Waals surface area contributed by atoms with E-state index in [1.807, 2.05) is 26.0 Å². The van der Waals surface area contributed by atoms with Crippen molar-refractivity contribution < 1.29 is 9.53 Å². The van der Waals surface area contributed by atoms with Gasteiger partial charge >= 0.3 is 5.97 Å². The van der Waals surface area contributed by atoms with Gasteiger partial charge in [0.05, 0.1) is 6.61 Å². The van der Waals surface area contributed by atoms with Crippen LogP contribution in [0.3, 0.4) is 0 Å². The van der Waals surface area contributed by atoms with E-state index in [-0.39, 0.29) is 12.2 Å². The number of nitrogens with zero attached hydrogens (tertiary/aromatic N) is 1. The van der Waals surface area contributed by atoms with Gasteiger partial charge in [-0.3, -0.25) is 0 Å². The van der Waals surface area contributed by atoms with Crippen molar-refractivity contribution in [1.29, 1.82) is 5.26 Å². The second kappa shape index (κ2) is 9.26. The molecule has 0 saturated carbocycles. The van der Waals surface area contributed by atoms with Gasteiger partial charge in [-0.15, -0.1) is 11.8 Å². The Labute approximate surface area is 159 Å². The molecule has 0 saturated heterocycles. The smallest absolute Gasteiger partial charge is 0.348 e. The summed E-state index contributed by atoms with van der Waals surface area (Å²) < 4.78 is 4.95. The molecule has 3 nitrogen and oxygen atoms in total. The molecule has 0 unspecified atom stereocenters. The van der Waals surface area contributed by atoms with Gasteiger partial charge < -0.3 is 4.74 Å². The van der Waals surface area contributed by atoms with Gasteiger partial charge in [0.2, 0.25) is 0 Å². The first-order valence-electron chi connectivity index (χ1n) is 8.53. The highest BCUT2D eigenvalue weighted by molar-refractivity contribution is 7.98. The minimum absolute atomic E-state index is 0.0256. The van der Waals surface area contributed by atoms with Crippen LogP contribution in [0.4, 0.5) is 0 Å². The number of carbonyl (C=O) groups excluding carboxylic acids is 1. The zero-order valence-corrected chi connectivity index (χ0v) is 16.4. The highest BCUT2D eigenvalue weighted by Gasteiger charge is 2.12. The fourth-order valence-corrected chi connectivity index (χ4v) is 3.51. The van der Waals surface area contributed by atoms with E-state index in [4.69, 9.17) is 4.74 Å². The van der Waals surface area contributed by atoms with Gasteiger partial charge in [0.15, 0.2) is 0 Å². The Morgan fingerprint density at radius 1 is 1.15 bits per heavy atom. The van der Waals surface area contributed by atoms with E-state index in [0.29, 0.717) is 0 Å². The van der Waals surface area contributed by atoms with Crippen LogP contribution in [0.2, 0.25) is 0 Å². The molecular weight excluding hydrogens is 342 g/mol. The molecule has 0 amide bonds. The quantitative estimate of drug-likeness (QED) is 0.299. The first-order chi connectivity index (χ1) is 12.4. The fraction of sp³-hybridized carbons (Fsp3) is 0.273. The summed E-state index contributed by atoms with van der Waals surface area (Å²) in [6.07, 6.45) is 1.63. The van der Waals surface area contributed by atoms with Crippen LogP contribution < -0.4 is 0 Å². The van der Waals surface area contributed by atoms with E-state index in [2.05, 4.69) is 37.3 Å². The zero-order valence-electron chi connectivity index (χ0n) is 15.6. The topological polar surface area (TPSA) is 50.1 Å². The van der Waals surface area contributed by atoms with Gasteiger partial charge in [0.1, 0.15) is 11.6 Å². The Hall–Kier alpha value is -2.51. The number of nitriles is 1. The molecule has 0 heterocycles. The summed E-state index contributed by atoms with van der Waals surface area (Å²) in [4.78, 5) is 13.1. The zero-order chi connectivity index (χ0) is 19.1. The molecule has 0 aromatic heterocycles. The first-order valence-corrected chi connectivity index (χ1v) is 9.51. The molecule has 4 heteroatoms. The molecule has 0 aliphatic rings. The number of benzene rings is 2. The Morgan fingerprint density at radius 3 is 2.46 bits per heavy atom. The second-order valence-corrected chi connectivity index (χ2v) is 7.18. The van der Waals surface area contributed by atoms with E-state index < -0.39 is 5.97 Å². The summed E-state index contributed by atoms with van der Waals surface area (Å²) in [5, 5.41) is 9.27. The van der Waals surface area contributed by atoms with Crippen LogP contribution in [0.1, 0.15) is 34.7 Å². The van der Waals surface area contributed by atoms with Crippen molar-refractivity contribution in [2.75, 3.05) is 6.61 Å². The van der Waals surface area contributed by atoms with Crippen LogP contribution in [0, 0.1) is 32.1 Å². The molecule has 0 bridgehead atoms. The summed E-state index contributed by atoms with van der Waals surface area (Å²) >= 11 is 1.78. The normalized spacial score (nSPS) is 11.1. The number of ether oxygens (including phenoxy) is 1. The van der Waals surface area contributed by atoms with Crippen LogP contribution >= 0.6 is 11.8 Å². The molecule has 2 rings (SSSR count). The predicted molar refractivity (Wildman–Crippen MR) is 107 cm³/mol. The summed E-state index contributed by atoms with van der Waals surface area (Å²) in [5.74, 6) is 0.255. The monoisotopic (exact) mass is 365 g/mol. The minimum Gasteiger partial charge on any atom is -0.462 e. The third kappa shape index (κ3) is 5.24. The average Bonchev–Trinajstić information content (AvgIpc) is 2.62. The molecule has 26 heavy (non-hydrogen) atoms. The molecule has 0 fully saturated rings. The molecule has 2 aromatic rings. The van der Waals surface area contributed by atoms with E-state index >= 15 is 0 Å². The van der Waals surface area contributed by atoms with E-state index in [1.54, 1.807) is 24.8 Å². The SMILES string of the molecule is CCOC(=O)/C(C#N)=C/c1cc(C)cc(CSc2ccc(C)cc2)c1C. The minimum atomic E-state index is -0.577. The predicted octanol–water partition coefficient (Wildman–Crippen LogP) is 5.37. The van der Waals surface area contributed by atoms with Crippen molar-refractivity contribution in [1.82, 2.24) is 0 Å². The molecule has 0 atom stereocenters. The van der Waals surface area contributed by atoms with Crippen LogP contribution in [0.15, 0.2) is 46.9 Å². The summed E-state index contributed by atoms with van der Waals surface area (Å²) in [6, 6.07) is 14.6. The fourth-order valence-electron chi connectivity index (χ4n) is 2.56.